The van der Waals surface area contributed by atoms with Crippen LogP contribution in [0.1, 0.15) is 76.6 Å². The van der Waals surface area contributed by atoms with E-state index in [2.05, 4.69) is 4.98 Å². The highest BCUT2D eigenvalue weighted by molar-refractivity contribution is 6.21. The highest BCUT2D eigenvalue weighted by Gasteiger charge is 2.39. The van der Waals surface area contributed by atoms with Crippen LogP contribution >= 0.6 is 0 Å². The number of rotatable bonds is 3. The Morgan fingerprint density at radius 3 is 2.22 bits per heavy atom. The lowest BCUT2D eigenvalue weighted by molar-refractivity contribution is -0.0588. The lowest BCUT2D eigenvalue weighted by atomic mass is 9.97. The van der Waals surface area contributed by atoms with Crippen LogP contribution in [0.2, 0.25) is 0 Å². The molecule has 1 fully saturated rings. The van der Waals surface area contributed by atoms with Gasteiger partial charge in [-0.05, 0) is 45.7 Å². The van der Waals surface area contributed by atoms with Gasteiger partial charge in [0.25, 0.3) is 11.8 Å². The summed E-state index contributed by atoms with van der Waals surface area (Å²) in [5, 5.41) is 0.431. The summed E-state index contributed by atoms with van der Waals surface area (Å²) in [6.45, 7) is 6.38. The molecule has 4 rings (SSSR count). The maximum absolute atomic E-state index is 12.5. The number of aromatic nitrogens is 1. The second kappa shape index (κ2) is 8.10. The van der Waals surface area contributed by atoms with Gasteiger partial charge < -0.3 is 18.9 Å². The quantitative estimate of drug-likeness (QED) is 0.667. The molecule has 0 radical (unpaired) electrons. The van der Waals surface area contributed by atoms with Gasteiger partial charge in [-0.2, -0.15) is 0 Å². The first-order chi connectivity index (χ1) is 15.1. The van der Waals surface area contributed by atoms with Gasteiger partial charge in [0, 0.05) is 19.0 Å². The van der Waals surface area contributed by atoms with E-state index in [-0.39, 0.29) is 28.8 Å². The molecule has 0 aliphatic carbocycles. The van der Waals surface area contributed by atoms with E-state index in [4.69, 9.17) is 14.0 Å². The van der Waals surface area contributed by atoms with Crippen molar-refractivity contribution in [3.05, 3.63) is 53.2 Å². The van der Waals surface area contributed by atoms with E-state index in [0.717, 1.165) is 6.26 Å². The SMILES string of the molecule is CC(C)(C)OC(=O)N1CCC(c2nc(C(=O)ON3C(=O)c4ccccc4C3=O)co2)CC1. The first-order valence-corrected chi connectivity index (χ1v) is 10.3. The summed E-state index contributed by atoms with van der Waals surface area (Å²) in [6, 6.07) is 6.21. The number of piperidine rings is 1. The molecule has 3 amide bonds. The molecular weight excluding hydrogens is 418 g/mol. The number of nitrogens with zero attached hydrogens (tertiary/aromatic N) is 3. The lowest BCUT2D eigenvalue weighted by Gasteiger charge is -2.32. The van der Waals surface area contributed by atoms with Crippen LogP contribution in [0.3, 0.4) is 0 Å². The van der Waals surface area contributed by atoms with Crippen LogP contribution < -0.4 is 0 Å². The lowest BCUT2D eigenvalue weighted by Crippen LogP contribution is -2.41. The summed E-state index contributed by atoms with van der Waals surface area (Å²) < 4.78 is 10.8. The molecule has 2 aliphatic heterocycles. The zero-order chi connectivity index (χ0) is 23.0. The van der Waals surface area contributed by atoms with Crippen LogP contribution in [0.25, 0.3) is 0 Å². The zero-order valence-electron chi connectivity index (χ0n) is 18.0. The van der Waals surface area contributed by atoms with E-state index in [1.165, 1.54) is 12.1 Å². The maximum atomic E-state index is 12.5. The number of fused-ring (bicyclic) bond motifs is 1. The Hall–Kier alpha value is -3.69. The van der Waals surface area contributed by atoms with Gasteiger partial charge in [-0.1, -0.05) is 17.2 Å². The second-order valence-electron chi connectivity index (χ2n) is 8.64. The van der Waals surface area contributed by atoms with E-state index in [0.29, 0.717) is 36.9 Å². The van der Waals surface area contributed by atoms with Gasteiger partial charge in [0.2, 0.25) is 0 Å². The maximum Gasteiger partial charge on any atom is 0.410 e. The van der Waals surface area contributed by atoms with Crippen molar-refractivity contribution in [1.82, 2.24) is 14.9 Å². The van der Waals surface area contributed by atoms with Crippen molar-refractivity contribution in [3.8, 4) is 0 Å². The molecule has 0 N–H and O–H groups in total. The number of amides is 3. The first-order valence-electron chi connectivity index (χ1n) is 10.3. The molecule has 10 heteroatoms. The molecule has 3 heterocycles. The molecule has 32 heavy (non-hydrogen) atoms. The minimum atomic E-state index is -0.972. The van der Waals surface area contributed by atoms with E-state index in [9.17, 15) is 19.2 Å². The Morgan fingerprint density at radius 1 is 1.06 bits per heavy atom. The Kier molecular flexibility index (Phi) is 5.45. The Balaban J connectivity index is 1.36. The molecule has 0 bridgehead atoms. The molecule has 1 saturated heterocycles. The molecule has 2 aromatic rings. The number of benzene rings is 1. The number of carbonyl (C=O) groups is 4. The van der Waals surface area contributed by atoms with Crippen LogP contribution in [0, 0.1) is 0 Å². The van der Waals surface area contributed by atoms with Gasteiger partial charge in [0.1, 0.15) is 11.9 Å². The van der Waals surface area contributed by atoms with Crippen LogP contribution in [-0.2, 0) is 9.57 Å². The van der Waals surface area contributed by atoms with Crippen molar-refractivity contribution in [2.75, 3.05) is 13.1 Å². The molecule has 10 nitrogen and oxygen atoms in total. The molecule has 168 valence electrons. The number of hydrogen-bond acceptors (Lipinski definition) is 8. The number of carbonyl (C=O) groups excluding carboxylic acids is 4. The summed E-state index contributed by atoms with van der Waals surface area (Å²) >= 11 is 0. The number of ether oxygens (including phenoxy) is 1. The van der Waals surface area contributed by atoms with Crippen molar-refractivity contribution < 1.29 is 33.2 Å². The van der Waals surface area contributed by atoms with Gasteiger partial charge in [0.05, 0.1) is 11.1 Å². The molecule has 0 spiro atoms. The fourth-order valence-electron chi connectivity index (χ4n) is 3.58. The number of hydrogen-bond donors (Lipinski definition) is 0. The molecule has 0 saturated carbocycles. The first kappa shape index (κ1) is 21.5. The van der Waals surface area contributed by atoms with Gasteiger partial charge in [-0.15, -0.1) is 0 Å². The standard InChI is InChI=1S/C22H23N3O7/c1-22(2,3)31-21(29)24-10-8-13(9-11-24)17-23-16(12-30-17)20(28)32-25-18(26)14-6-4-5-7-15(14)19(25)27/h4-7,12-13H,8-11H2,1-3H3. The van der Waals surface area contributed by atoms with Gasteiger partial charge in [0.15, 0.2) is 11.6 Å². The Bertz CT molecular complexity index is 1040. The van der Waals surface area contributed by atoms with Crippen LogP contribution in [0.4, 0.5) is 4.79 Å². The average molecular weight is 441 g/mol. The minimum Gasteiger partial charge on any atom is -0.448 e. The van der Waals surface area contributed by atoms with E-state index in [1.54, 1.807) is 17.0 Å². The highest BCUT2D eigenvalue weighted by atomic mass is 16.7. The summed E-state index contributed by atoms with van der Waals surface area (Å²) in [5.41, 5.74) is -0.373. The number of hydroxylamine groups is 2. The van der Waals surface area contributed by atoms with Crippen molar-refractivity contribution >= 4 is 23.9 Å². The molecular formula is C22H23N3O7. The third kappa shape index (κ3) is 4.20. The van der Waals surface area contributed by atoms with E-state index >= 15 is 0 Å². The fourth-order valence-corrected chi connectivity index (χ4v) is 3.58. The summed E-state index contributed by atoms with van der Waals surface area (Å²) in [5.74, 6) is -2.15. The number of likely N-dealkylation sites (tertiary alicyclic amines) is 1. The van der Waals surface area contributed by atoms with Crippen molar-refractivity contribution in [3.63, 3.8) is 0 Å². The average Bonchev–Trinajstić information content (AvgIpc) is 3.33. The summed E-state index contributed by atoms with van der Waals surface area (Å²) in [6.07, 6.45) is 1.95. The predicted molar refractivity (Wildman–Crippen MR) is 109 cm³/mol. The topological polar surface area (TPSA) is 119 Å². The second-order valence-corrected chi connectivity index (χ2v) is 8.64. The summed E-state index contributed by atoms with van der Waals surface area (Å²) in [4.78, 5) is 60.1. The Labute approximate surface area is 184 Å². The van der Waals surface area contributed by atoms with Gasteiger partial charge >= 0.3 is 12.1 Å². The predicted octanol–water partition coefficient (Wildman–Crippen LogP) is 3.16. The Morgan fingerprint density at radius 2 is 1.66 bits per heavy atom. The molecule has 1 aromatic carbocycles. The van der Waals surface area contributed by atoms with Gasteiger partial charge in [-0.25, -0.2) is 14.6 Å². The highest BCUT2D eigenvalue weighted by Crippen LogP contribution is 2.29. The minimum absolute atomic E-state index is 0.0884. The number of imide groups is 1. The van der Waals surface area contributed by atoms with Gasteiger partial charge in [-0.3, -0.25) is 9.59 Å². The van der Waals surface area contributed by atoms with Crippen molar-refractivity contribution in [2.24, 2.45) is 0 Å². The molecule has 0 unspecified atom stereocenters. The normalized spacial score (nSPS) is 16.8. The molecule has 2 aliphatic rings. The summed E-state index contributed by atoms with van der Waals surface area (Å²) in [7, 11) is 0. The molecule has 0 atom stereocenters. The van der Waals surface area contributed by atoms with Crippen molar-refractivity contribution in [2.45, 2.75) is 45.1 Å². The monoisotopic (exact) mass is 441 g/mol. The fraction of sp³-hybridized carbons (Fsp3) is 0.409. The molecule has 1 aromatic heterocycles. The van der Waals surface area contributed by atoms with Crippen molar-refractivity contribution in [1.29, 1.82) is 0 Å². The third-order valence-electron chi connectivity index (χ3n) is 5.16. The van der Waals surface area contributed by atoms with Crippen LogP contribution in [-0.4, -0.2) is 57.5 Å². The van der Waals surface area contributed by atoms with Crippen LogP contribution in [0.15, 0.2) is 34.9 Å². The number of oxazole rings is 1. The zero-order valence-corrected chi connectivity index (χ0v) is 18.0. The largest absolute Gasteiger partial charge is 0.448 e. The van der Waals surface area contributed by atoms with E-state index < -0.39 is 23.4 Å². The third-order valence-corrected chi connectivity index (χ3v) is 5.16. The smallest absolute Gasteiger partial charge is 0.410 e. The van der Waals surface area contributed by atoms with E-state index in [1.807, 2.05) is 20.8 Å². The van der Waals surface area contributed by atoms with Crippen LogP contribution in [0.5, 0.6) is 0 Å².